The van der Waals surface area contributed by atoms with Gasteiger partial charge in [-0.3, -0.25) is 14.5 Å². The molecule has 0 aliphatic carbocycles. The van der Waals surface area contributed by atoms with Crippen LogP contribution < -0.4 is 15.6 Å². The Balaban J connectivity index is 3.27. The smallest absolute Gasteiger partial charge is 0.254 e. The Bertz CT molecular complexity index is 562. The van der Waals surface area contributed by atoms with Gasteiger partial charge in [-0.15, -0.1) is 0 Å². The topological polar surface area (TPSA) is 92.5 Å². The minimum Gasteiger partial charge on any atom is -0.293 e. The Morgan fingerprint density at radius 1 is 1.44 bits per heavy atom. The van der Waals surface area contributed by atoms with Gasteiger partial charge in [0.25, 0.3) is 5.91 Å². The summed E-state index contributed by atoms with van der Waals surface area (Å²) >= 11 is 11.7. The Hall–Kier alpha value is -1.02. The van der Waals surface area contributed by atoms with Crippen LogP contribution in [0.1, 0.15) is 0 Å². The van der Waals surface area contributed by atoms with Crippen molar-refractivity contribution in [1.29, 1.82) is 0 Å². The first kappa shape index (κ1) is 15.0. The number of amides is 1. The molecule has 0 aromatic heterocycles. The van der Waals surface area contributed by atoms with E-state index < -0.39 is 22.5 Å². The van der Waals surface area contributed by atoms with Crippen LogP contribution in [0.5, 0.6) is 0 Å². The molecule has 0 bridgehead atoms. The molecule has 0 atom stereocenters. The summed E-state index contributed by atoms with van der Waals surface area (Å²) < 4.78 is 24.1. The average Bonchev–Trinajstić information content (AvgIpc) is 2.28. The maximum atomic E-state index is 11.7. The van der Waals surface area contributed by atoms with Crippen molar-refractivity contribution in [1.82, 2.24) is 5.43 Å². The monoisotopic (exact) mass is 311 g/mol. The molecule has 1 aromatic carbocycles. The number of nitrogens with one attached hydrogen (secondary N) is 1. The molecule has 1 aromatic rings. The normalized spacial score (nSPS) is 11.1. The number of carbonyl (C=O) groups is 1. The zero-order chi connectivity index (χ0) is 13.9. The van der Waals surface area contributed by atoms with Gasteiger partial charge < -0.3 is 0 Å². The van der Waals surface area contributed by atoms with Gasteiger partial charge in [-0.1, -0.05) is 29.3 Å². The highest BCUT2D eigenvalue weighted by Gasteiger charge is 2.23. The quantitative estimate of drug-likeness (QED) is 0.487. The van der Waals surface area contributed by atoms with Crippen molar-refractivity contribution in [3.8, 4) is 0 Å². The number of hydrogen-bond donors (Lipinski definition) is 2. The standard InChI is InChI=1S/C9H11Cl2N3O3S/c1-18(16,17)14(5-8(15)13-12)7-4-2-3-6(10)9(7)11/h2-4H,5,12H2,1H3,(H,13,15). The van der Waals surface area contributed by atoms with Crippen LogP contribution in [-0.4, -0.2) is 27.1 Å². The first-order valence-corrected chi connectivity index (χ1v) is 7.29. The van der Waals surface area contributed by atoms with E-state index in [9.17, 15) is 13.2 Å². The second kappa shape index (κ2) is 5.75. The van der Waals surface area contributed by atoms with E-state index in [4.69, 9.17) is 29.0 Å². The highest BCUT2D eigenvalue weighted by molar-refractivity contribution is 7.92. The number of nitrogens with zero attached hydrogens (tertiary/aromatic N) is 1. The number of sulfonamides is 1. The summed E-state index contributed by atoms with van der Waals surface area (Å²) in [6.45, 7) is -0.477. The third kappa shape index (κ3) is 3.49. The van der Waals surface area contributed by atoms with E-state index in [1.165, 1.54) is 18.2 Å². The van der Waals surface area contributed by atoms with Crippen LogP contribution in [0.25, 0.3) is 0 Å². The number of halogens is 2. The summed E-state index contributed by atoms with van der Waals surface area (Å²) in [7, 11) is -3.69. The van der Waals surface area contributed by atoms with Crippen LogP contribution >= 0.6 is 23.2 Å². The van der Waals surface area contributed by atoms with Gasteiger partial charge in [-0.2, -0.15) is 0 Å². The fourth-order valence-corrected chi connectivity index (χ4v) is 2.55. The van der Waals surface area contributed by atoms with Crippen molar-refractivity contribution >= 4 is 44.8 Å². The molecule has 1 rings (SSSR count). The van der Waals surface area contributed by atoms with Gasteiger partial charge >= 0.3 is 0 Å². The van der Waals surface area contributed by atoms with E-state index in [2.05, 4.69) is 0 Å². The predicted molar refractivity (Wildman–Crippen MR) is 71.0 cm³/mol. The Morgan fingerprint density at radius 3 is 2.56 bits per heavy atom. The number of carbonyl (C=O) groups excluding carboxylic acids is 1. The number of benzene rings is 1. The second-order valence-electron chi connectivity index (χ2n) is 3.41. The minimum absolute atomic E-state index is 0.0504. The minimum atomic E-state index is -3.69. The lowest BCUT2D eigenvalue weighted by molar-refractivity contribution is -0.119. The van der Waals surface area contributed by atoms with Crippen LogP contribution in [0.3, 0.4) is 0 Å². The number of anilines is 1. The first-order chi connectivity index (χ1) is 8.27. The third-order valence-corrected chi connectivity index (χ3v) is 3.98. The molecule has 0 saturated heterocycles. The molecular formula is C9H11Cl2N3O3S. The molecule has 18 heavy (non-hydrogen) atoms. The van der Waals surface area contributed by atoms with Gasteiger partial charge in [0.2, 0.25) is 10.0 Å². The van der Waals surface area contributed by atoms with E-state index in [-0.39, 0.29) is 15.7 Å². The summed E-state index contributed by atoms with van der Waals surface area (Å²) in [6, 6.07) is 4.48. The largest absolute Gasteiger partial charge is 0.293 e. The Kier molecular flexibility index (Phi) is 4.80. The summed E-state index contributed by atoms with van der Waals surface area (Å²) in [5.41, 5.74) is 1.97. The zero-order valence-electron chi connectivity index (χ0n) is 9.35. The van der Waals surface area contributed by atoms with Gasteiger partial charge in [0.15, 0.2) is 0 Å². The van der Waals surface area contributed by atoms with Crippen LogP contribution in [0.15, 0.2) is 18.2 Å². The fraction of sp³-hybridized carbons (Fsp3) is 0.222. The van der Waals surface area contributed by atoms with Crippen LogP contribution in [0.4, 0.5) is 5.69 Å². The van der Waals surface area contributed by atoms with Gasteiger partial charge in [-0.25, -0.2) is 14.3 Å². The van der Waals surface area contributed by atoms with Crippen molar-refractivity contribution in [2.75, 3.05) is 17.1 Å². The van der Waals surface area contributed by atoms with Crippen molar-refractivity contribution in [3.63, 3.8) is 0 Å². The van der Waals surface area contributed by atoms with E-state index in [1.807, 2.05) is 5.43 Å². The van der Waals surface area contributed by atoms with Gasteiger partial charge in [0, 0.05) is 0 Å². The molecule has 0 spiro atoms. The molecule has 9 heteroatoms. The summed E-state index contributed by atoms with van der Waals surface area (Å²) in [5, 5.41) is 0.241. The number of hydrogen-bond acceptors (Lipinski definition) is 4. The first-order valence-electron chi connectivity index (χ1n) is 4.68. The molecule has 3 N–H and O–H groups in total. The molecule has 1 amide bonds. The second-order valence-corrected chi connectivity index (χ2v) is 6.10. The highest BCUT2D eigenvalue weighted by atomic mass is 35.5. The van der Waals surface area contributed by atoms with Crippen molar-refractivity contribution in [2.24, 2.45) is 5.84 Å². The SMILES string of the molecule is CS(=O)(=O)N(CC(=O)NN)c1cccc(Cl)c1Cl. The van der Waals surface area contributed by atoms with Gasteiger partial charge in [0.1, 0.15) is 6.54 Å². The lowest BCUT2D eigenvalue weighted by Gasteiger charge is -2.22. The van der Waals surface area contributed by atoms with E-state index in [0.29, 0.717) is 0 Å². The lowest BCUT2D eigenvalue weighted by Crippen LogP contribution is -2.42. The number of rotatable bonds is 4. The van der Waals surface area contributed by atoms with E-state index >= 15 is 0 Å². The van der Waals surface area contributed by atoms with Crippen molar-refractivity contribution < 1.29 is 13.2 Å². The summed E-state index contributed by atoms with van der Waals surface area (Å²) in [5.74, 6) is 4.26. The molecule has 0 radical (unpaired) electrons. The van der Waals surface area contributed by atoms with Crippen LogP contribution in [0, 0.1) is 0 Å². The molecule has 0 unspecified atom stereocenters. The molecule has 6 nitrogen and oxygen atoms in total. The maximum absolute atomic E-state index is 11.7. The molecule has 0 saturated carbocycles. The van der Waals surface area contributed by atoms with Crippen LogP contribution in [0.2, 0.25) is 10.0 Å². The Morgan fingerprint density at radius 2 is 2.06 bits per heavy atom. The third-order valence-electron chi connectivity index (χ3n) is 2.05. The Labute approximate surface area is 115 Å². The van der Waals surface area contributed by atoms with Crippen molar-refractivity contribution in [3.05, 3.63) is 28.2 Å². The zero-order valence-corrected chi connectivity index (χ0v) is 11.7. The molecule has 0 heterocycles. The average molecular weight is 312 g/mol. The maximum Gasteiger partial charge on any atom is 0.254 e. The van der Waals surface area contributed by atoms with Crippen LogP contribution in [-0.2, 0) is 14.8 Å². The molecule has 100 valence electrons. The lowest BCUT2D eigenvalue weighted by atomic mass is 10.3. The van der Waals surface area contributed by atoms with Crippen molar-refractivity contribution in [2.45, 2.75) is 0 Å². The number of nitrogens with two attached hydrogens (primary N) is 1. The number of hydrazine groups is 1. The van der Waals surface area contributed by atoms with Gasteiger partial charge in [-0.05, 0) is 12.1 Å². The molecule has 0 aliphatic rings. The van der Waals surface area contributed by atoms with E-state index in [0.717, 1.165) is 10.6 Å². The fourth-order valence-electron chi connectivity index (χ4n) is 1.24. The van der Waals surface area contributed by atoms with Gasteiger partial charge in [0.05, 0.1) is 22.0 Å². The molecular weight excluding hydrogens is 301 g/mol. The van der Waals surface area contributed by atoms with E-state index in [1.54, 1.807) is 0 Å². The predicted octanol–water partition coefficient (Wildman–Crippen LogP) is 0.749. The summed E-state index contributed by atoms with van der Waals surface area (Å²) in [4.78, 5) is 11.2. The molecule has 0 aliphatic heterocycles. The molecule has 0 fully saturated rings. The highest BCUT2D eigenvalue weighted by Crippen LogP contribution is 2.33. The summed E-state index contributed by atoms with van der Waals surface area (Å²) in [6.07, 6.45) is 0.952.